The summed E-state index contributed by atoms with van der Waals surface area (Å²) in [6.45, 7) is 2.63. The summed E-state index contributed by atoms with van der Waals surface area (Å²) in [6.07, 6.45) is 0. The van der Waals surface area contributed by atoms with Crippen LogP contribution >= 0.6 is 35.4 Å². The van der Waals surface area contributed by atoms with Crippen LogP contribution in [0.5, 0.6) is 5.75 Å². The van der Waals surface area contributed by atoms with E-state index in [0.717, 1.165) is 16.9 Å². The number of ether oxygens (including phenoxy) is 1. The summed E-state index contributed by atoms with van der Waals surface area (Å²) in [4.78, 5) is 0. The molecule has 23 heavy (non-hydrogen) atoms. The minimum atomic E-state index is -0.0179. The Labute approximate surface area is 151 Å². The topological polar surface area (TPSA) is 33.3 Å². The molecule has 2 rings (SSSR count). The Bertz CT molecular complexity index is 677. The van der Waals surface area contributed by atoms with Crippen molar-refractivity contribution in [3.8, 4) is 5.75 Å². The van der Waals surface area contributed by atoms with Crippen molar-refractivity contribution >= 4 is 40.5 Å². The van der Waals surface area contributed by atoms with Crippen molar-refractivity contribution in [2.75, 3.05) is 7.11 Å². The van der Waals surface area contributed by atoms with Crippen LogP contribution in [0.3, 0.4) is 0 Å². The van der Waals surface area contributed by atoms with Crippen LogP contribution in [0.1, 0.15) is 24.1 Å². The highest BCUT2D eigenvalue weighted by molar-refractivity contribution is 7.80. The van der Waals surface area contributed by atoms with Gasteiger partial charge in [-0.15, -0.1) is 0 Å². The molecule has 0 saturated heterocycles. The third kappa shape index (κ3) is 5.27. The van der Waals surface area contributed by atoms with Gasteiger partial charge in [0.25, 0.3) is 0 Å². The van der Waals surface area contributed by atoms with Gasteiger partial charge < -0.3 is 15.4 Å². The predicted molar refractivity (Wildman–Crippen MR) is 100 cm³/mol. The Balaban J connectivity index is 1.88. The second kappa shape index (κ2) is 8.39. The Hall–Kier alpha value is -1.49. The molecule has 0 aliphatic heterocycles. The molecule has 0 radical (unpaired) electrons. The first-order chi connectivity index (χ1) is 11.0. The van der Waals surface area contributed by atoms with E-state index in [2.05, 4.69) is 10.6 Å². The third-order valence-corrected chi connectivity index (χ3v) is 4.21. The standard InChI is InChI=1S/C17H18Cl2N2OS/c1-11(15-8-5-13(18)9-16(15)19)21-17(23)20-10-12-3-6-14(22-2)7-4-12/h3-9,11H,10H2,1-2H3,(H2,20,21,23)/t11-/m1/s1. The summed E-state index contributed by atoms with van der Waals surface area (Å²) >= 11 is 17.5. The fourth-order valence-corrected chi connectivity index (χ4v) is 2.92. The van der Waals surface area contributed by atoms with Crippen molar-refractivity contribution < 1.29 is 4.74 Å². The van der Waals surface area contributed by atoms with E-state index < -0.39 is 0 Å². The van der Waals surface area contributed by atoms with Gasteiger partial charge in [0.05, 0.1) is 13.2 Å². The Kier molecular flexibility index (Phi) is 6.51. The van der Waals surface area contributed by atoms with Crippen LogP contribution in [0.2, 0.25) is 10.0 Å². The summed E-state index contributed by atoms with van der Waals surface area (Å²) in [5.74, 6) is 0.834. The van der Waals surface area contributed by atoms with Gasteiger partial charge in [-0.2, -0.15) is 0 Å². The van der Waals surface area contributed by atoms with Gasteiger partial charge in [-0.05, 0) is 54.5 Å². The van der Waals surface area contributed by atoms with Gasteiger partial charge in [-0.1, -0.05) is 41.4 Å². The molecule has 0 unspecified atom stereocenters. The lowest BCUT2D eigenvalue weighted by Gasteiger charge is -2.18. The van der Waals surface area contributed by atoms with E-state index >= 15 is 0 Å². The molecule has 0 bridgehead atoms. The second-order valence-electron chi connectivity index (χ2n) is 5.06. The SMILES string of the molecule is COc1ccc(CNC(=S)N[C@H](C)c2ccc(Cl)cc2Cl)cc1. The van der Waals surface area contributed by atoms with E-state index in [1.54, 1.807) is 13.2 Å². The molecule has 0 aromatic heterocycles. The van der Waals surface area contributed by atoms with Crippen LogP contribution in [-0.4, -0.2) is 12.2 Å². The molecule has 2 N–H and O–H groups in total. The Morgan fingerprint density at radius 1 is 1.17 bits per heavy atom. The van der Waals surface area contributed by atoms with Gasteiger partial charge in [0, 0.05) is 16.6 Å². The van der Waals surface area contributed by atoms with Crippen molar-refractivity contribution in [1.29, 1.82) is 0 Å². The van der Waals surface area contributed by atoms with Crippen molar-refractivity contribution in [1.82, 2.24) is 10.6 Å². The number of benzene rings is 2. The van der Waals surface area contributed by atoms with Gasteiger partial charge in [-0.3, -0.25) is 0 Å². The van der Waals surface area contributed by atoms with Crippen LogP contribution in [-0.2, 0) is 6.54 Å². The first-order valence-electron chi connectivity index (χ1n) is 7.12. The summed E-state index contributed by atoms with van der Waals surface area (Å²) in [6, 6.07) is 13.2. The normalized spacial score (nSPS) is 11.7. The van der Waals surface area contributed by atoms with E-state index in [0.29, 0.717) is 21.7 Å². The highest BCUT2D eigenvalue weighted by Gasteiger charge is 2.11. The maximum Gasteiger partial charge on any atom is 0.167 e. The molecule has 0 saturated carbocycles. The molecule has 6 heteroatoms. The number of rotatable bonds is 5. The Morgan fingerprint density at radius 3 is 2.48 bits per heavy atom. The van der Waals surface area contributed by atoms with Crippen LogP contribution in [0.4, 0.5) is 0 Å². The first kappa shape index (κ1) is 17.9. The zero-order chi connectivity index (χ0) is 16.8. The molecule has 0 aliphatic rings. The van der Waals surface area contributed by atoms with E-state index in [-0.39, 0.29) is 6.04 Å². The quantitative estimate of drug-likeness (QED) is 0.747. The molecule has 2 aromatic rings. The molecule has 0 aliphatic carbocycles. The van der Waals surface area contributed by atoms with Crippen molar-refractivity contribution in [2.45, 2.75) is 19.5 Å². The second-order valence-corrected chi connectivity index (χ2v) is 6.31. The van der Waals surface area contributed by atoms with Gasteiger partial charge in [0.1, 0.15) is 5.75 Å². The van der Waals surface area contributed by atoms with E-state index in [1.165, 1.54) is 0 Å². The lowest BCUT2D eigenvalue weighted by Crippen LogP contribution is -2.36. The van der Waals surface area contributed by atoms with Gasteiger partial charge in [0.15, 0.2) is 5.11 Å². The molecular weight excluding hydrogens is 351 g/mol. The maximum atomic E-state index is 6.21. The third-order valence-electron chi connectivity index (χ3n) is 3.39. The van der Waals surface area contributed by atoms with Gasteiger partial charge in [0.2, 0.25) is 0 Å². The molecule has 3 nitrogen and oxygen atoms in total. The smallest absolute Gasteiger partial charge is 0.167 e. The highest BCUT2D eigenvalue weighted by Crippen LogP contribution is 2.26. The van der Waals surface area contributed by atoms with E-state index in [9.17, 15) is 0 Å². The number of hydrogen-bond donors (Lipinski definition) is 2. The van der Waals surface area contributed by atoms with Gasteiger partial charge in [-0.25, -0.2) is 0 Å². The number of thiocarbonyl (C=S) groups is 1. The summed E-state index contributed by atoms with van der Waals surface area (Å²) in [7, 11) is 1.65. The minimum Gasteiger partial charge on any atom is -0.497 e. The van der Waals surface area contributed by atoms with Crippen molar-refractivity contribution in [3.05, 3.63) is 63.6 Å². The average Bonchev–Trinajstić information content (AvgIpc) is 2.53. The van der Waals surface area contributed by atoms with E-state index in [4.69, 9.17) is 40.2 Å². The zero-order valence-corrected chi connectivity index (χ0v) is 15.2. The number of nitrogens with one attached hydrogen (secondary N) is 2. The van der Waals surface area contributed by atoms with Crippen LogP contribution in [0, 0.1) is 0 Å². The van der Waals surface area contributed by atoms with Crippen molar-refractivity contribution in [2.24, 2.45) is 0 Å². The maximum absolute atomic E-state index is 6.21. The predicted octanol–water partition coefficient (Wildman–Crippen LogP) is 4.73. The monoisotopic (exact) mass is 368 g/mol. The molecular formula is C17H18Cl2N2OS. The molecule has 122 valence electrons. The van der Waals surface area contributed by atoms with Crippen LogP contribution < -0.4 is 15.4 Å². The fraction of sp³-hybridized carbons (Fsp3) is 0.235. The molecule has 0 amide bonds. The highest BCUT2D eigenvalue weighted by atomic mass is 35.5. The van der Waals surface area contributed by atoms with Gasteiger partial charge >= 0.3 is 0 Å². The number of hydrogen-bond acceptors (Lipinski definition) is 2. The summed E-state index contributed by atoms with van der Waals surface area (Å²) in [5, 5.41) is 8.20. The van der Waals surface area contributed by atoms with E-state index in [1.807, 2.05) is 43.3 Å². The van der Waals surface area contributed by atoms with Crippen LogP contribution in [0.15, 0.2) is 42.5 Å². The molecule has 1 atom stereocenters. The molecule has 0 fully saturated rings. The lowest BCUT2D eigenvalue weighted by atomic mass is 10.1. The average molecular weight is 369 g/mol. The Morgan fingerprint density at radius 2 is 1.87 bits per heavy atom. The minimum absolute atomic E-state index is 0.0179. The molecule has 0 heterocycles. The number of methoxy groups -OCH3 is 1. The fourth-order valence-electron chi connectivity index (χ4n) is 2.10. The zero-order valence-electron chi connectivity index (χ0n) is 12.9. The van der Waals surface area contributed by atoms with Crippen LogP contribution in [0.25, 0.3) is 0 Å². The molecule has 2 aromatic carbocycles. The largest absolute Gasteiger partial charge is 0.497 e. The summed E-state index contributed by atoms with van der Waals surface area (Å²) in [5.41, 5.74) is 2.07. The molecule has 0 spiro atoms. The number of halogens is 2. The first-order valence-corrected chi connectivity index (χ1v) is 8.28. The van der Waals surface area contributed by atoms with Crippen molar-refractivity contribution in [3.63, 3.8) is 0 Å². The lowest BCUT2D eigenvalue weighted by molar-refractivity contribution is 0.414. The summed E-state index contributed by atoms with van der Waals surface area (Å²) < 4.78 is 5.14.